The highest BCUT2D eigenvalue weighted by Gasteiger charge is 2.65. The van der Waals surface area contributed by atoms with Crippen molar-refractivity contribution in [2.75, 3.05) is 0 Å². The molecule has 0 aliphatic heterocycles. The molecule has 39 heavy (non-hydrogen) atoms. The Labute approximate surface area is 240 Å². The largest absolute Gasteiger partial charge is 0.369 e. The van der Waals surface area contributed by atoms with E-state index in [4.69, 9.17) is 17.2 Å². The molecular formula is C33H63N3O3. The van der Waals surface area contributed by atoms with Gasteiger partial charge >= 0.3 is 0 Å². The molecule has 1 saturated carbocycles. The smallest absolute Gasteiger partial charge is 0.224 e. The minimum atomic E-state index is -0.988. The summed E-state index contributed by atoms with van der Waals surface area (Å²) in [7, 11) is 0. The molecule has 0 bridgehead atoms. The Bertz CT molecular complexity index is 736. The average Bonchev–Trinajstić information content (AvgIpc) is 2.91. The van der Waals surface area contributed by atoms with Crippen LogP contribution in [0.3, 0.4) is 0 Å². The van der Waals surface area contributed by atoms with Crippen LogP contribution in [-0.4, -0.2) is 17.7 Å². The van der Waals surface area contributed by atoms with Crippen molar-refractivity contribution in [3.63, 3.8) is 0 Å². The van der Waals surface area contributed by atoms with Gasteiger partial charge in [-0.25, -0.2) is 0 Å². The molecule has 6 unspecified atom stereocenters. The average molecular weight is 550 g/mol. The van der Waals surface area contributed by atoms with Crippen molar-refractivity contribution in [1.82, 2.24) is 0 Å². The van der Waals surface area contributed by atoms with Crippen LogP contribution in [0.1, 0.15) is 151 Å². The van der Waals surface area contributed by atoms with Crippen LogP contribution in [0.2, 0.25) is 0 Å². The number of carbonyl (C=O) groups is 3. The molecule has 0 aromatic heterocycles. The summed E-state index contributed by atoms with van der Waals surface area (Å²) in [5.74, 6) is -1.33. The number of hydrogen-bond acceptors (Lipinski definition) is 3. The van der Waals surface area contributed by atoms with E-state index in [0.29, 0.717) is 37.0 Å². The summed E-state index contributed by atoms with van der Waals surface area (Å²) in [6, 6.07) is 0. The summed E-state index contributed by atoms with van der Waals surface area (Å²) in [6.07, 6.45) is 15.5. The first-order valence-corrected chi connectivity index (χ1v) is 16.4. The van der Waals surface area contributed by atoms with E-state index in [1.54, 1.807) is 0 Å². The van der Waals surface area contributed by atoms with Crippen molar-refractivity contribution in [2.45, 2.75) is 151 Å². The summed E-state index contributed by atoms with van der Waals surface area (Å²) in [6.45, 7) is 13.2. The molecule has 6 heteroatoms. The van der Waals surface area contributed by atoms with Crippen molar-refractivity contribution in [3.05, 3.63) is 0 Å². The summed E-state index contributed by atoms with van der Waals surface area (Å²) < 4.78 is 0. The maximum atomic E-state index is 14.0. The number of nitrogens with two attached hydrogens (primary N) is 3. The van der Waals surface area contributed by atoms with Gasteiger partial charge in [0.1, 0.15) is 0 Å². The van der Waals surface area contributed by atoms with Crippen molar-refractivity contribution >= 4 is 17.7 Å². The molecule has 0 heterocycles. The predicted molar refractivity (Wildman–Crippen MR) is 162 cm³/mol. The maximum Gasteiger partial charge on any atom is 0.224 e. The SMILES string of the molecule is CCCCC(CC)CC1(C(N)=O)CC(C(N)=O)CC(C(N)=O)C1(CC(CC)CCCC)CC(CC)CCCC. The minimum absolute atomic E-state index is 0.295. The molecule has 0 aromatic carbocycles. The highest BCUT2D eigenvalue weighted by molar-refractivity contribution is 5.88. The van der Waals surface area contributed by atoms with Gasteiger partial charge in [-0.05, 0) is 55.3 Å². The molecule has 1 fully saturated rings. The Morgan fingerprint density at radius 3 is 1.38 bits per heavy atom. The van der Waals surface area contributed by atoms with Crippen LogP contribution >= 0.6 is 0 Å². The lowest BCUT2D eigenvalue weighted by atomic mass is 9.42. The topological polar surface area (TPSA) is 129 Å². The summed E-state index contributed by atoms with van der Waals surface area (Å²) in [5, 5.41) is 0. The molecule has 1 aliphatic carbocycles. The Kier molecular flexibility index (Phi) is 15.7. The van der Waals surface area contributed by atoms with E-state index in [2.05, 4.69) is 41.5 Å². The van der Waals surface area contributed by atoms with Crippen LogP contribution in [0.4, 0.5) is 0 Å². The van der Waals surface area contributed by atoms with Crippen LogP contribution in [0.25, 0.3) is 0 Å². The lowest BCUT2D eigenvalue weighted by molar-refractivity contribution is -0.171. The monoisotopic (exact) mass is 549 g/mol. The van der Waals surface area contributed by atoms with Gasteiger partial charge in [-0.2, -0.15) is 0 Å². The predicted octanol–water partition coefficient (Wildman–Crippen LogP) is 7.26. The Morgan fingerprint density at radius 2 is 1.08 bits per heavy atom. The van der Waals surface area contributed by atoms with Gasteiger partial charge < -0.3 is 17.2 Å². The van der Waals surface area contributed by atoms with Crippen molar-refractivity contribution < 1.29 is 14.4 Å². The van der Waals surface area contributed by atoms with E-state index in [-0.39, 0.29) is 5.91 Å². The van der Waals surface area contributed by atoms with Gasteiger partial charge in [-0.1, -0.05) is 119 Å². The Hall–Kier alpha value is -1.59. The molecule has 0 spiro atoms. The molecule has 3 amide bonds. The second-order valence-corrected chi connectivity index (χ2v) is 13.0. The van der Waals surface area contributed by atoms with E-state index in [1.165, 1.54) is 0 Å². The number of carbonyl (C=O) groups excluding carboxylic acids is 3. The first-order chi connectivity index (χ1) is 18.5. The fraction of sp³-hybridized carbons (Fsp3) is 0.909. The first-order valence-electron chi connectivity index (χ1n) is 16.4. The number of primary amides is 3. The molecular weight excluding hydrogens is 486 g/mol. The Morgan fingerprint density at radius 1 is 0.667 bits per heavy atom. The molecule has 228 valence electrons. The molecule has 0 aromatic rings. The fourth-order valence-corrected chi connectivity index (χ4v) is 8.00. The van der Waals surface area contributed by atoms with E-state index in [0.717, 1.165) is 89.9 Å². The fourth-order valence-electron chi connectivity index (χ4n) is 8.00. The van der Waals surface area contributed by atoms with Crippen molar-refractivity contribution in [2.24, 2.45) is 57.6 Å². The lowest BCUT2D eigenvalue weighted by Crippen LogP contribution is -2.63. The molecule has 1 rings (SSSR count). The van der Waals surface area contributed by atoms with E-state index in [9.17, 15) is 14.4 Å². The van der Waals surface area contributed by atoms with Crippen LogP contribution < -0.4 is 17.2 Å². The zero-order chi connectivity index (χ0) is 29.6. The van der Waals surface area contributed by atoms with Gasteiger partial charge in [0, 0.05) is 11.8 Å². The molecule has 0 saturated heterocycles. The van der Waals surface area contributed by atoms with Crippen LogP contribution in [0.5, 0.6) is 0 Å². The van der Waals surface area contributed by atoms with Gasteiger partial charge in [0.15, 0.2) is 0 Å². The van der Waals surface area contributed by atoms with E-state index >= 15 is 0 Å². The zero-order valence-corrected chi connectivity index (χ0v) is 26.4. The van der Waals surface area contributed by atoms with E-state index < -0.39 is 34.5 Å². The minimum Gasteiger partial charge on any atom is -0.369 e. The van der Waals surface area contributed by atoms with Crippen molar-refractivity contribution in [3.8, 4) is 0 Å². The number of amides is 3. The standard InChI is InChI=1S/C33H63N3O3/c1-7-13-16-24(10-4)20-32(21-25(11-5)17-14-8-2)28(30(35)38)19-27(29(34)37)23-33(32,31(36)39)22-26(12-6)18-15-9-3/h24-28H,7-23H2,1-6H3,(H2,34,37)(H2,35,38)(H2,36,39). The van der Waals surface area contributed by atoms with Gasteiger partial charge in [0.05, 0.1) is 5.41 Å². The summed E-state index contributed by atoms with van der Waals surface area (Å²) in [5.41, 5.74) is 17.1. The molecule has 6 N–H and O–H groups in total. The van der Waals surface area contributed by atoms with Gasteiger partial charge in [-0.3, -0.25) is 14.4 Å². The number of unbranched alkanes of at least 4 members (excludes halogenated alkanes) is 3. The van der Waals surface area contributed by atoms with Crippen LogP contribution in [-0.2, 0) is 14.4 Å². The normalized spacial score (nSPS) is 27.5. The second-order valence-electron chi connectivity index (χ2n) is 13.0. The first kappa shape index (κ1) is 35.4. The molecule has 6 atom stereocenters. The molecule has 0 radical (unpaired) electrons. The third-order valence-electron chi connectivity index (χ3n) is 10.5. The molecule has 1 aliphatic rings. The van der Waals surface area contributed by atoms with Crippen LogP contribution in [0, 0.1) is 40.4 Å². The number of hydrogen-bond donors (Lipinski definition) is 3. The highest BCUT2D eigenvalue weighted by Crippen LogP contribution is 2.65. The second kappa shape index (κ2) is 17.3. The third-order valence-corrected chi connectivity index (χ3v) is 10.5. The Balaban J connectivity index is 3.99. The van der Waals surface area contributed by atoms with Crippen molar-refractivity contribution in [1.29, 1.82) is 0 Å². The van der Waals surface area contributed by atoms with Gasteiger partial charge in [0.2, 0.25) is 17.7 Å². The third kappa shape index (κ3) is 8.95. The van der Waals surface area contributed by atoms with Crippen LogP contribution in [0.15, 0.2) is 0 Å². The summed E-state index contributed by atoms with van der Waals surface area (Å²) >= 11 is 0. The summed E-state index contributed by atoms with van der Waals surface area (Å²) in [4.78, 5) is 40.2. The van der Waals surface area contributed by atoms with Gasteiger partial charge in [-0.15, -0.1) is 0 Å². The van der Waals surface area contributed by atoms with Gasteiger partial charge in [0.25, 0.3) is 0 Å². The van der Waals surface area contributed by atoms with E-state index in [1.807, 2.05) is 0 Å². The number of rotatable bonds is 21. The highest BCUT2D eigenvalue weighted by atomic mass is 16.2. The molecule has 6 nitrogen and oxygen atoms in total. The zero-order valence-electron chi connectivity index (χ0n) is 26.4. The quantitative estimate of drug-likeness (QED) is 0.139. The maximum absolute atomic E-state index is 14.0. The lowest BCUT2D eigenvalue weighted by Gasteiger charge is -2.60.